The van der Waals surface area contributed by atoms with Crippen LogP contribution in [0, 0.1) is 5.41 Å². The Balaban J connectivity index is 2.17. The fourth-order valence-electron chi connectivity index (χ4n) is 2.80. The molecular formula is C13H22N2O2S. The molecule has 102 valence electrons. The Morgan fingerprint density at radius 2 is 2.22 bits per heavy atom. The van der Waals surface area contributed by atoms with Gasteiger partial charge in [-0.1, -0.05) is 25.6 Å². The van der Waals surface area contributed by atoms with Crippen LogP contribution in [0.1, 0.15) is 39.5 Å². The number of nitrogens with two attached hydrogens (primary N) is 1. The summed E-state index contributed by atoms with van der Waals surface area (Å²) in [5, 5.41) is 0. The Morgan fingerprint density at radius 3 is 2.67 bits per heavy atom. The van der Waals surface area contributed by atoms with Gasteiger partial charge >= 0.3 is 0 Å². The molecule has 0 radical (unpaired) electrons. The summed E-state index contributed by atoms with van der Waals surface area (Å²) in [6.07, 6.45) is 3.67. The molecule has 1 saturated heterocycles. The Morgan fingerprint density at radius 1 is 1.56 bits per heavy atom. The smallest absolute Gasteiger partial charge is 0.236 e. The van der Waals surface area contributed by atoms with Gasteiger partial charge in [0.15, 0.2) is 0 Å². The van der Waals surface area contributed by atoms with Gasteiger partial charge < -0.3 is 15.4 Å². The topological polar surface area (TPSA) is 55.6 Å². The zero-order chi connectivity index (χ0) is 13.3. The third-order valence-corrected chi connectivity index (χ3v) is 4.68. The summed E-state index contributed by atoms with van der Waals surface area (Å²) in [6, 6.07) is 0.167. The fourth-order valence-corrected chi connectivity index (χ4v) is 3.09. The zero-order valence-electron chi connectivity index (χ0n) is 11.1. The van der Waals surface area contributed by atoms with Gasteiger partial charge in [-0.3, -0.25) is 4.79 Å². The molecule has 2 fully saturated rings. The molecule has 0 aromatic heterocycles. The second kappa shape index (κ2) is 5.13. The molecule has 18 heavy (non-hydrogen) atoms. The van der Waals surface area contributed by atoms with E-state index in [9.17, 15) is 4.79 Å². The average Bonchev–Trinajstić information content (AvgIpc) is 2.26. The minimum Gasteiger partial charge on any atom is -0.392 e. The van der Waals surface area contributed by atoms with Crippen molar-refractivity contribution >= 4 is 23.1 Å². The van der Waals surface area contributed by atoms with Crippen molar-refractivity contribution in [3.8, 4) is 0 Å². The standard InChI is InChI=1S/C13H22N2O2S/c1-3-10-8-17-9(2)7-15(10)12(16)13(11(14)18)5-4-6-13/h9-10H,3-8H2,1-2H3,(H2,14,18). The number of nitrogens with zero attached hydrogens (tertiary/aromatic N) is 1. The number of carbonyl (C=O) groups excluding carboxylic acids is 1. The number of hydrogen-bond donors (Lipinski definition) is 1. The number of ether oxygens (including phenoxy) is 1. The number of morpholine rings is 1. The summed E-state index contributed by atoms with van der Waals surface area (Å²) in [6.45, 7) is 5.36. The number of carbonyl (C=O) groups is 1. The lowest BCUT2D eigenvalue weighted by molar-refractivity contribution is -0.155. The van der Waals surface area contributed by atoms with Gasteiger partial charge in [0.05, 0.1) is 29.2 Å². The molecular weight excluding hydrogens is 248 g/mol. The zero-order valence-corrected chi connectivity index (χ0v) is 12.0. The maximum Gasteiger partial charge on any atom is 0.236 e. The second-order valence-electron chi connectivity index (χ2n) is 5.46. The quantitative estimate of drug-likeness (QED) is 0.789. The van der Waals surface area contributed by atoms with E-state index in [1.807, 2.05) is 11.8 Å². The fraction of sp³-hybridized carbons (Fsp3) is 0.846. The Labute approximate surface area is 114 Å². The van der Waals surface area contributed by atoms with Gasteiger partial charge in [-0.2, -0.15) is 0 Å². The van der Waals surface area contributed by atoms with Crippen LogP contribution in [0.15, 0.2) is 0 Å². The minimum atomic E-state index is -0.556. The van der Waals surface area contributed by atoms with Gasteiger partial charge in [0, 0.05) is 6.54 Å². The van der Waals surface area contributed by atoms with E-state index in [-0.39, 0.29) is 18.1 Å². The molecule has 5 heteroatoms. The normalized spacial score (nSPS) is 30.7. The van der Waals surface area contributed by atoms with Crippen LogP contribution >= 0.6 is 12.2 Å². The molecule has 2 unspecified atom stereocenters. The highest BCUT2D eigenvalue weighted by Crippen LogP contribution is 2.43. The lowest BCUT2D eigenvalue weighted by Crippen LogP contribution is -2.60. The molecule has 1 aliphatic heterocycles. The van der Waals surface area contributed by atoms with Crippen molar-refractivity contribution in [1.29, 1.82) is 0 Å². The molecule has 0 aromatic rings. The first-order valence-corrected chi connectivity index (χ1v) is 7.14. The molecule has 1 heterocycles. The van der Waals surface area contributed by atoms with Crippen molar-refractivity contribution in [1.82, 2.24) is 4.90 Å². The van der Waals surface area contributed by atoms with Crippen molar-refractivity contribution in [2.24, 2.45) is 11.1 Å². The van der Waals surface area contributed by atoms with Crippen molar-refractivity contribution in [3.63, 3.8) is 0 Å². The summed E-state index contributed by atoms with van der Waals surface area (Å²) in [7, 11) is 0. The molecule has 0 aromatic carbocycles. The summed E-state index contributed by atoms with van der Waals surface area (Å²) in [4.78, 5) is 15.1. The van der Waals surface area contributed by atoms with E-state index >= 15 is 0 Å². The molecule has 0 spiro atoms. The lowest BCUT2D eigenvalue weighted by atomic mass is 9.67. The molecule has 4 nitrogen and oxygen atoms in total. The van der Waals surface area contributed by atoms with Crippen LogP contribution in [0.3, 0.4) is 0 Å². The second-order valence-corrected chi connectivity index (χ2v) is 5.90. The summed E-state index contributed by atoms with van der Waals surface area (Å²) in [5.41, 5.74) is 5.26. The number of thiocarbonyl (C=S) groups is 1. The highest BCUT2D eigenvalue weighted by atomic mass is 32.1. The number of amides is 1. The van der Waals surface area contributed by atoms with Crippen molar-refractivity contribution in [3.05, 3.63) is 0 Å². The highest BCUT2D eigenvalue weighted by Gasteiger charge is 2.50. The van der Waals surface area contributed by atoms with Gasteiger partial charge in [-0.25, -0.2) is 0 Å². The van der Waals surface area contributed by atoms with E-state index in [1.54, 1.807) is 0 Å². The Kier molecular flexibility index (Phi) is 3.92. The van der Waals surface area contributed by atoms with Gasteiger partial charge in [0.25, 0.3) is 0 Å². The largest absolute Gasteiger partial charge is 0.392 e. The van der Waals surface area contributed by atoms with Crippen LogP contribution in [0.2, 0.25) is 0 Å². The van der Waals surface area contributed by atoms with E-state index in [1.165, 1.54) is 0 Å². The van der Waals surface area contributed by atoms with Gasteiger partial charge in [-0.05, 0) is 26.2 Å². The summed E-state index contributed by atoms with van der Waals surface area (Å²) < 4.78 is 5.63. The maximum atomic E-state index is 12.8. The van der Waals surface area contributed by atoms with Crippen molar-refractivity contribution in [2.75, 3.05) is 13.2 Å². The molecule has 1 saturated carbocycles. The lowest BCUT2D eigenvalue weighted by Gasteiger charge is -2.47. The van der Waals surface area contributed by atoms with E-state index in [0.717, 1.165) is 25.7 Å². The van der Waals surface area contributed by atoms with Crippen molar-refractivity contribution in [2.45, 2.75) is 51.7 Å². The van der Waals surface area contributed by atoms with Crippen LogP contribution in [0.5, 0.6) is 0 Å². The molecule has 1 aliphatic carbocycles. The first kappa shape index (κ1) is 13.7. The predicted octanol–water partition coefficient (Wildman–Crippen LogP) is 1.47. The first-order chi connectivity index (χ1) is 8.51. The van der Waals surface area contributed by atoms with Crippen LogP contribution in [0.25, 0.3) is 0 Å². The van der Waals surface area contributed by atoms with Crippen LogP contribution < -0.4 is 5.73 Å². The minimum absolute atomic E-state index is 0.0974. The predicted molar refractivity (Wildman–Crippen MR) is 74.3 cm³/mol. The monoisotopic (exact) mass is 270 g/mol. The average molecular weight is 270 g/mol. The highest BCUT2D eigenvalue weighted by molar-refractivity contribution is 7.80. The first-order valence-electron chi connectivity index (χ1n) is 6.74. The van der Waals surface area contributed by atoms with E-state index < -0.39 is 5.41 Å². The summed E-state index contributed by atoms with van der Waals surface area (Å²) in [5.74, 6) is 0.128. The van der Waals surface area contributed by atoms with Gasteiger partial charge in [-0.15, -0.1) is 0 Å². The molecule has 2 rings (SSSR count). The van der Waals surface area contributed by atoms with Crippen LogP contribution in [-0.4, -0.2) is 41.1 Å². The molecule has 2 N–H and O–H groups in total. The SMILES string of the molecule is CCC1COC(C)CN1C(=O)C1(C(N)=S)CCC1. The number of rotatable bonds is 3. The molecule has 1 amide bonds. The third-order valence-electron chi connectivity index (χ3n) is 4.29. The molecule has 0 bridgehead atoms. The van der Waals surface area contributed by atoms with E-state index in [2.05, 4.69) is 6.92 Å². The third kappa shape index (κ3) is 2.14. The van der Waals surface area contributed by atoms with Crippen molar-refractivity contribution < 1.29 is 9.53 Å². The number of hydrogen-bond acceptors (Lipinski definition) is 3. The Hall–Kier alpha value is -0.680. The summed E-state index contributed by atoms with van der Waals surface area (Å²) >= 11 is 5.13. The van der Waals surface area contributed by atoms with E-state index in [0.29, 0.717) is 18.1 Å². The molecule has 2 atom stereocenters. The van der Waals surface area contributed by atoms with Gasteiger partial charge in [0.1, 0.15) is 0 Å². The van der Waals surface area contributed by atoms with E-state index in [4.69, 9.17) is 22.7 Å². The Bertz CT molecular complexity index is 355. The van der Waals surface area contributed by atoms with Crippen LogP contribution in [0.4, 0.5) is 0 Å². The van der Waals surface area contributed by atoms with Gasteiger partial charge in [0.2, 0.25) is 5.91 Å². The maximum absolute atomic E-state index is 12.8. The molecule has 2 aliphatic rings. The van der Waals surface area contributed by atoms with Crippen LogP contribution in [-0.2, 0) is 9.53 Å².